The number of hydrogen-bond donors (Lipinski definition) is 1. The van der Waals surface area contributed by atoms with Gasteiger partial charge in [-0.1, -0.05) is 20.3 Å². The number of hydrogen-bond acceptors (Lipinski definition) is 2. The zero-order valence-corrected chi connectivity index (χ0v) is 10.4. The maximum atomic E-state index is 5.65. The van der Waals surface area contributed by atoms with Crippen LogP contribution in [0, 0.1) is 5.92 Å². The van der Waals surface area contributed by atoms with Crippen molar-refractivity contribution in [3.05, 3.63) is 0 Å². The molecule has 0 bridgehead atoms. The second kappa shape index (κ2) is 8.12. The molecule has 15 heavy (non-hydrogen) atoms. The Bertz CT molecular complexity index is 149. The van der Waals surface area contributed by atoms with Crippen molar-refractivity contribution >= 4 is 0 Å². The molecule has 0 aromatic rings. The molecular weight excluding hydrogens is 186 g/mol. The van der Waals surface area contributed by atoms with Crippen molar-refractivity contribution < 1.29 is 4.74 Å². The van der Waals surface area contributed by atoms with Gasteiger partial charge in [0.1, 0.15) is 0 Å². The first-order chi connectivity index (χ1) is 7.36. The van der Waals surface area contributed by atoms with E-state index >= 15 is 0 Å². The highest BCUT2D eigenvalue weighted by Gasteiger charge is 2.21. The number of nitrogens with one attached hydrogen (secondary N) is 1. The first-order valence-corrected chi connectivity index (χ1v) is 6.68. The van der Waals surface area contributed by atoms with Gasteiger partial charge in [0.05, 0.1) is 0 Å². The van der Waals surface area contributed by atoms with Crippen LogP contribution < -0.4 is 5.32 Å². The standard InChI is InChI=1S/C13H27NO/c1-3-8-14-13-7-5-6-12(10-13)11-15-9-4-2/h12-14H,3-11H2,1-2H3. The smallest absolute Gasteiger partial charge is 0.0494 e. The van der Waals surface area contributed by atoms with Gasteiger partial charge in [0.25, 0.3) is 0 Å². The molecule has 0 aromatic carbocycles. The molecule has 1 rings (SSSR count). The Morgan fingerprint density at radius 3 is 2.80 bits per heavy atom. The molecule has 2 heteroatoms. The summed E-state index contributed by atoms with van der Waals surface area (Å²) < 4.78 is 5.65. The largest absolute Gasteiger partial charge is 0.381 e. The molecule has 0 aliphatic heterocycles. The van der Waals surface area contributed by atoms with Gasteiger partial charge in [0, 0.05) is 19.3 Å². The summed E-state index contributed by atoms with van der Waals surface area (Å²) in [5, 5.41) is 3.64. The lowest BCUT2D eigenvalue weighted by Gasteiger charge is -2.29. The minimum Gasteiger partial charge on any atom is -0.381 e. The van der Waals surface area contributed by atoms with Crippen LogP contribution in [0.3, 0.4) is 0 Å². The number of ether oxygens (including phenoxy) is 1. The van der Waals surface area contributed by atoms with E-state index in [1.54, 1.807) is 0 Å². The van der Waals surface area contributed by atoms with E-state index in [2.05, 4.69) is 19.2 Å². The molecule has 1 saturated carbocycles. The predicted molar refractivity (Wildman–Crippen MR) is 65.1 cm³/mol. The van der Waals surface area contributed by atoms with Gasteiger partial charge in [0.2, 0.25) is 0 Å². The van der Waals surface area contributed by atoms with Crippen LogP contribution in [0.2, 0.25) is 0 Å². The molecule has 2 nitrogen and oxygen atoms in total. The Balaban J connectivity index is 2.11. The summed E-state index contributed by atoms with van der Waals surface area (Å²) in [5.74, 6) is 0.805. The van der Waals surface area contributed by atoms with Gasteiger partial charge in [-0.2, -0.15) is 0 Å². The summed E-state index contributed by atoms with van der Waals surface area (Å²) in [4.78, 5) is 0. The zero-order chi connectivity index (χ0) is 10.9. The van der Waals surface area contributed by atoms with E-state index in [4.69, 9.17) is 4.74 Å². The SMILES string of the molecule is CCCNC1CCCC(COCCC)C1. The zero-order valence-electron chi connectivity index (χ0n) is 10.4. The van der Waals surface area contributed by atoms with Crippen LogP contribution in [0.1, 0.15) is 52.4 Å². The van der Waals surface area contributed by atoms with Crippen molar-refractivity contribution in [2.24, 2.45) is 5.92 Å². The topological polar surface area (TPSA) is 21.3 Å². The lowest BCUT2D eigenvalue weighted by Crippen LogP contribution is -2.35. The van der Waals surface area contributed by atoms with E-state index in [-0.39, 0.29) is 0 Å². The summed E-state index contributed by atoms with van der Waals surface area (Å²) in [7, 11) is 0. The van der Waals surface area contributed by atoms with E-state index in [1.165, 1.54) is 38.6 Å². The first-order valence-electron chi connectivity index (χ1n) is 6.68. The van der Waals surface area contributed by atoms with Crippen molar-refractivity contribution in [3.63, 3.8) is 0 Å². The lowest BCUT2D eigenvalue weighted by molar-refractivity contribution is 0.0793. The quantitative estimate of drug-likeness (QED) is 0.656. The third kappa shape index (κ3) is 5.53. The molecule has 2 unspecified atom stereocenters. The van der Waals surface area contributed by atoms with E-state index in [9.17, 15) is 0 Å². The molecule has 1 aliphatic rings. The van der Waals surface area contributed by atoms with Gasteiger partial charge < -0.3 is 10.1 Å². The van der Waals surface area contributed by atoms with E-state index in [0.29, 0.717) is 0 Å². The average Bonchev–Trinajstić information content (AvgIpc) is 2.27. The van der Waals surface area contributed by atoms with E-state index in [1.807, 2.05) is 0 Å². The average molecular weight is 213 g/mol. The van der Waals surface area contributed by atoms with Gasteiger partial charge in [-0.05, 0) is 44.6 Å². The third-order valence-electron chi connectivity index (χ3n) is 3.17. The van der Waals surface area contributed by atoms with Crippen LogP contribution in [-0.4, -0.2) is 25.8 Å². The lowest BCUT2D eigenvalue weighted by atomic mass is 9.86. The fraction of sp³-hybridized carbons (Fsp3) is 1.00. The van der Waals surface area contributed by atoms with Crippen LogP contribution in [0.5, 0.6) is 0 Å². The monoisotopic (exact) mass is 213 g/mol. The molecule has 1 aliphatic carbocycles. The summed E-state index contributed by atoms with van der Waals surface area (Å²) in [6.45, 7) is 7.50. The molecule has 1 N–H and O–H groups in total. The summed E-state index contributed by atoms with van der Waals surface area (Å²) in [6.07, 6.45) is 7.82. The summed E-state index contributed by atoms with van der Waals surface area (Å²) in [6, 6.07) is 0.758. The van der Waals surface area contributed by atoms with E-state index in [0.717, 1.165) is 31.6 Å². The van der Waals surface area contributed by atoms with Crippen LogP contribution in [0.4, 0.5) is 0 Å². The second-order valence-corrected chi connectivity index (χ2v) is 4.76. The van der Waals surface area contributed by atoms with Crippen molar-refractivity contribution in [1.82, 2.24) is 5.32 Å². The molecule has 0 aromatic heterocycles. The summed E-state index contributed by atoms with van der Waals surface area (Å²) in [5.41, 5.74) is 0. The third-order valence-corrected chi connectivity index (χ3v) is 3.17. The normalized spacial score (nSPS) is 26.8. The number of rotatable bonds is 7. The van der Waals surface area contributed by atoms with Crippen LogP contribution in [-0.2, 0) is 4.74 Å². The minimum absolute atomic E-state index is 0.758. The Morgan fingerprint density at radius 2 is 2.07 bits per heavy atom. The second-order valence-electron chi connectivity index (χ2n) is 4.76. The maximum Gasteiger partial charge on any atom is 0.0494 e. The van der Waals surface area contributed by atoms with Gasteiger partial charge in [-0.15, -0.1) is 0 Å². The van der Waals surface area contributed by atoms with Gasteiger partial charge in [0.15, 0.2) is 0 Å². The molecular formula is C13H27NO. The summed E-state index contributed by atoms with van der Waals surface area (Å²) >= 11 is 0. The minimum atomic E-state index is 0.758. The van der Waals surface area contributed by atoms with E-state index < -0.39 is 0 Å². The Kier molecular flexibility index (Phi) is 7.03. The van der Waals surface area contributed by atoms with Crippen LogP contribution >= 0.6 is 0 Å². The Hall–Kier alpha value is -0.0800. The Labute approximate surface area is 94.8 Å². The fourth-order valence-electron chi connectivity index (χ4n) is 2.37. The highest BCUT2D eigenvalue weighted by molar-refractivity contribution is 4.77. The van der Waals surface area contributed by atoms with Gasteiger partial charge >= 0.3 is 0 Å². The van der Waals surface area contributed by atoms with Crippen molar-refractivity contribution in [3.8, 4) is 0 Å². The Morgan fingerprint density at radius 1 is 1.20 bits per heavy atom. The molecule has 90 valence electrons. The predicted octanol–water partition coefficient (Wildman–Crippen LogP) is 2.97. The van der Waals surface area contributed by atoms with Crippen molar-refractivity contribution in [2.75, 3.05) is 19.8 Å². The van der Waals surface area contributed by atoms with Gasteiger partial charge in [-0.3, -0.25) is 0 Å². The maximum absolute atomic E-state index is 5.65. The highest BCUT2D eigenvalue weighted by Crippen LogP contribution is 2.24. The van der Waals surface area contributed by atoms with Crippen LogP contribution in [0.15, 0.2) is 0 Å². The van der Waals surface area contributed by atoms with Gasteiger partial charge in [-0.25, -0.2) is 0 Å². The molecule has 0 spiro atoms. The molecule has 0 radical (unpaired) electrons. The highest BCUT2D eigenvalue weighted by atomic mass is 16.5. The van der Waals surface area contributed by atoms with Crippen LogP contribution in [0.25, 0.3) is 0 Å². The first kappa shape index (κ1) is 13.0. The molecule has 0 heterocycles. The van der Waals surface area contributed by atoms with Crippen molar-refractivity contribution in [2.45, 2.75) is 58.4 Å². The molecule has 0 amide bonds. The molecule has 2 atom stereocenters. The molecule has 1 fully saturated rings. The fourth-order valence-corrected chi connectivity index (χ4v) is 2.37. The van der Waals surface area contributed by atoms with Crippen molar-refractivity contribution in [1.29, 1.82) is 0 Å². The molecule has 0 saturated heterocycles.